The van der Waals surface area contributed by atoms with E-state index in [1.807, 2.05) is 6.92 Å². The number of benzene rings is 1. The monoisotopic (exact) mass is 311 g/mol. The Balaban J connectivity index is 2.56. The number of anilines is 1. The first-order valence-corrected chi connectivity index (χ1v) is 6.85. The van der Waals surface area contributed by atoms with Crippen molar-refractivity contribution in [3.63, 3.8) is 0 Å². The summed E-state index contributed by atoms with van der Waals surface area (Å²) in [7, 11) is 0. The molecule has 0 bridgehead atoms. The third-order valence-corrected chi connectivity index (χ3v) is 3.30. The van der Waals surface area contributed by atoms with Crippen LogP contribution in [0.25, 0.3) is 0 Å². The molecule has 2 aromatic rings. The highest BCUT2D eigenvalue weighted by Gasteiger charge is 2.12. The molecule has 0 atom stereocenters. The van der Waals surface area contributed by atoms with Crippen molar-refractivity contribution in [3.8, 4) is 0 Å². The smallest absolute Gasteiger partial charge is 0.331 e. The molecule has 0 saturated heterocycles. The lowest BCUT2D eigenvalue weighted by molar-refractivity contribution is 0.553. The average molecular weight is 312 g/mol. The van der Waals surface area contributed by atoms with Crippen LogP contribution in [0.4, 0.5) is 10.1 Å². The van der Waals surface area contributed by atoms with Gasteiger partial charge in [0.05, 0.1) is 6.54 Å². The summed E-state index contributed by atoms with van der Waals surface area (Å²) < 4.78 is 16.0. The molecule has 0 radical (unpaired) electrons. The fraction of sp³-hybridized carbons (Fsp3) is 0.286. The molecule has 7 heteroatoms. The van der Waals surface area contributed by atoms with Gasteiger partial charge in [0.25, 0.3) is 5.56 Å². The summed E-state index contributed by atoms with van der Waals surface area (Å²) in [6.07, 6.45) is 2.03. The van der Waals surface area contributed by atoms with Crippen LogP contribution in [0.15, 0.2) is 34.0 Å². The molecule has 1 heterocycles. The van der Waals surface area contributed by atoms with Crippen LogP contribution in [-0.2, 0) is 13.1 Å². The van der Waals surface area contributed by atoms with Crippen LogP contribution in [0.3, 0.4) is 0 Å². The van der Waals surface area contributed by atoms with Crippen molar-refractivity contribution >= 4 is 17.3 Å². The van der Waals surface area contributed by atoms with Crippen molar-refractivity contribution < 1.29 is 4.39 Å². The maximum absolute atomic E-state index is 13.8. The van der Waals surface area contributed by atoms with Gasteiger partial charge in [0.15, 0.2) is 0 Å². The number of nitrogens with zero attached hydrogens (tertiary/aromatic N) is 2. The number of hydrogen-bond acceptors (Lipinski definition) is 3. The number of aryl methyl sites for hydroxylation is 1. The highest BCUT2D eigenvalue weighted by Crippen LogP contribution is 2.15. The van der Waals surface area contributed by atoms with Gasteiger partial charge in [0, 0.05) is 23.3 Å². The molecule has 21 heavy (non-hydrogen) atoms. The van der Waals surface area contributed by atoms with Gasteiger partial charge in [-0.05, 0) is 24.6 Å². The first-order valence-electron chi connectivity index (χ1n) is 6.47. The van der Waals surface area contributed by atoms with Crippen molar-refractivity contribution in [2.24, 2.45) is 0 Å². The van der Waals surface area contributed by atoms with E-state index in [-0.39, 0.29) is 17.8 Å². The van der Waals surface area contributed by atoms with E-state index in [0.717, 1.165) is 4.57 Å². The van der Waals surface area contributed by atoms with Gasteiger partial charge in [-0.1, -0.05) is 18.5 Å². The van der Waals surface area contributed by atoms with Crippen LogP contribution in [0.5, 0.6) is 0 Å². The number of nitrogens with two attached hydrogens (primary N) is 1. The molecule has 2 rings (SSSR count). The SMILES string of the molecule is CCCn1cc(N)c(=O)n(Cc2cc(Cl)ccc2F)c1=O. The maximum atomic E-state index is 13.8. The first kappa shape index (κ1) is 15.3. The summed E-state index contributed by atoms with van der Waals surface area (Å²) in [5.41, 5.74) is 4.59. The third kappa shape index (κ3) is 3.16. The topological polar surface area (TPSA) is 70.0 Å². The zero-order valence-electron chi connectivity index (χ0n) is 11.5. The largest absolute Gasteiger partial charge is 0.393 e. The van der Waals surface area contributed by atoms with Gasteiger partial charge >= 0.3 is 5.69 Å². The second-order valence-corrected chi connectivity index (χ2v) is 5.12. The van der Waals surface area contributed by atoms with Gasteiger partial charge < -0.3 is 5.73 Å². The van der Waals surface area contributed by atoms with Crippen LogP contribution in [0, 0.1) is 5.82 Å². The molecule has 0 aliphatic rings. The molecule has 2 N–H and O–H groups in total. The van der Waals surface area contributed by atoms with Crippen molar-refractivity contribution in [1.29, 1.82) is 0 Å². The quantitative estimate of drug-likeness (QED) is 0.936. The molecule has 1 aromatic heterocycles. The Morgan fingerprint density at radius 3 is 2.71 bits per heavy atom. The molecule has 1 aromatic carbocycles. The van der Waals surface area contributed by atoms with Crippen molar-refractivity contribution in [3.05, 3.63) is 61.6 Å². The number of halogens is 2. The number of rotatable bonds is 4. The van der Waals surface area contributed by atoms with E-state index in [1.165, 1.54) is 29.0 Å². The number of hydrogen-bond donors (Lipinski definition) is 1. The predicted molar refractivity (Wildman–Crippen MR) is 80.2 cm³/mol. The summed E-state index contributed by atoms with van der Waals surface area (Å²) in [5, 5.41) is 0.331. The fourth-order valence-corrected chi connectivity index (χ4v) is 2.25. The van der Waals surface area contributed by atoms with Gasteiger partial charge in [-0.15, -0.1) is 0 Å². The minimum atomic E-state index is -0.633. The molecule has 0 amide bonds. The fourth-order valence-electron chi connectivity index (χ4n) is 2.05. The Kier molecular flexibility index (Phi) is 4.47. The molecule has 0 aliphatic heterocycles. The molecule has 0 fully saturated rings. The van der Waals surface area contributed by atoms with Crippen LogP contribution >= 0.6 is 11.6 Å². The number of aromatic nitrogens is 2. The number of nitrogen functional groups attached to an aromatic ring is 1. The normalized spacial score (nSPS) is 10.8. The van der Waals surface area contributed by atoms with E-state index in [9.17, 15) is 14.0 Å². The maximum Gasteiger partial charge on any atom is 0.331 e. The highest BCUT2D eigenvalue weighted by atomic mass is 35.5. The summed E-state index contributed by atoms with van der Waals surface area (Å²) >= 11 is 5.81. The Hall–Kier alpha value is -2.08. The molecule has 112 valence electrons. The van der Waals surface area contributed by atoms with Crippen molar-refractivity contribution in [2.75, 3.05) is 5.73 Å². The van der Waals surface area contributed by atoms with E-state index < -0.39 is 17.1 Å². The van der Waals surface area contributed by atoms with E-state index in [2.05, 4.69) is 0 Å². The van der Waals surface area contributed by atoms with Crippen LogP contribution < -0.4 is 17.0 Å². The lowest BCUT2D eigenvalue weighted by atomic mass is 10.2. The van der Waals surface area contributed by atoms with Crippen molar-refractivity contribution in [1.82, 2.24) is 9.13 Å². The van der Waals surface area contributed by atoms with Gasteiger partial charge in [0.1, 0.15) is 11.5 Å². The second kappa shape index (κ2) is 6.13. The van der Waals surface area contributed by atoms with E-state index in [0.29, 0.717) is 18.0 Å². The van der Waals surface area contributed by atoms with Crippen LogP contribution in [-0.4, -0.2) is 9.13 Å². The standard InChI is InChI=1S/C14H15ClFN3O2/c1-2-5-18-8-12(17)13(20)19(14(18)21)7-9-6-10(15)3-4-11(9)16/h3-4,6,8H,2,5,7,17H2,1H3. The Morgan fingerprint density at radius 1 is 1.33 bits per heavy atom. The summed E-state index contributed by atoms with van der Waals surface area (Å²) in [6.45, 7) is 2.12. The molecule has 0 aliphatic carbocycles. The summed E-state index contributed by atoms with van der Waals surface area (Å²) in [4.78, 5) is 24.3. The van der Waals surface area contributed by atoms with Gasteiger partial charge in [0.2, 0.25) is 0 Å². The Morgan fingerprint density at radius 2 is 2.05 bits per heavy atom. The Labute approximate surface area is 125 Å². The van der Waals surface area contributed by atoms with Crippen molar-refractivity contribution in [2.45, 2.75) is 26.4 Å². The summed E-state index contributed by atoms with van der Waals surface area (Å²) in [6, 6.07) is 3.98. The molecule has 5 nitrogen and oxygen atoms in total. The van der Waals surface area contributed by atoms with Crippen LogP contribution in [0.1, 0.15) is 18.9 Å². The predicted octanol–water partition coefficient (Wildman–Crippen LogP) is 1.84. The average Bonchev–Trinajstić information content (AvgIpc) is 2.44. The lowest BCUT2D eigenvalue weighted by Crippen LogP contribution is -2.41. The summed E-state index contributed by atoms with van der Waals surface area (Å²) in [5.74, 6) is -0.532. The van der Waals surface area contributed by atoms with Gasteiger partial charge in [-0.3, -0.25) is 13.9 Å². The van der Waals surface area contributed by atoms with E-state index in [4.69, 9.17) is 17.3 Å². The second-order valence-electron chi connectivity index (χ2n) is 4.69. The Bertz CT molecular complexity index is 783. The van der Waals surface area contributed by atoms with Gasteiger partial charge in [-0.2, -0.15) is 0 Å². The minimum Gasteiger partial charge on any atom is -0.393 e. The highest BCUT2D eigenvalue weighted by molar-refractivity contribution is 6.30. The molecule has 0 unspecified atom stereocenters. The molecular weight excluding hydrogens is 297 g/mol. The van der Waals surface area contributed by atoms with Gasteiger partial charge in [-0.25, -0.2) is 9.18 Å². The minimum absolute atomic E-state index is 0.0505. The zero-order valence-corrected chi connectivity index (χ0v) is 12.2. The van der Waals surface area contributed by atoms with Crippen LogP contribution in [0.2, 0.25) is 5.02 Å². The first-order chi connectivity index (χ1) is 9.93. The zero-order chi connectivity index (χ0) is 15.6. The third-order valence-electron chi connectivity index (χ3n) is 3.06. The van der Waals surface area contributed by atoms with E-state index >= 15 is 0 Å². The van der Waals surface area contributed by atoms with E-state index in [1.54, 1.807) is 0 Å². The molecule has 0 saturated carbocycles. The molecular formula is C14H15ClFN3O2. The molecule has 0 spiro atoms. The lowest BCUT2D eigenvalue weighted by Gasteiger charge is -2.11.